The number of hydrogen-bond donors (Lipinski definition) is 4. The predicted molar refractivity (Wildman–Crippen MR) is 63.2 cm³/mol. The summed E-state index contributed by atoms with van der Waals surface area (Å²) in [5.41, 5.74) is 9.80. The van der Waals surface area contributed by atoms with Crippen LogP contribution in [0.25, 0.3) is 0 Å². The minimum atomic E-state index is -0.967. The third kappa shape index (κ3) is 2.42. The fraction of sp³-hybridized carbons (Fsp3) is 0.455. The molecule has 0 unspecified atom stereocenters. The van der Waals surface area contributed by atoms with Gasteiger partial charge in [0.1, 0.15) is 0 Å². The molecule has 0 aromatic heterocycles. The highest BCUT2D eigenvalue weighted by molar-refractivity contribution is 6.01. The fourth-order valence-electron chi connectivity index (χ4n) is 2.95. The van der Waals surface area contributed by atoms with E-state index in [4.69, 9.17) is 11.5 Å². The van der Waals surface area contributed by atoms with Crippen LogP contribution in [0, 0.1) is 23.7 Å². The van der Waals surface area contributed by atoms with Crippen molar-refractivity contribution in [1.29, 1.82) is 0 Å². The van der Waals surface area contributed by atoms with Crippen LogP contribution < -0.4 is 22.1 Å². The van der Waals surface area contributed by atoms with Crippen molar-refractivity contribution < 1.29 is 19.2 Å². The van der Waals surface area contributed by atoms with Gasteiger partial charge in [-0.1, -0.05) is 12.2 Å². The second-order valence-corrected chi connectivity index (χ2v) is 4.71. The Morgan fingerprint density at radius 2 is 1.21 bits per heavy atom. The van der Waals surface area contributed by atoms with E-state index < -0.39 is 35.7 Å². The van der Waals surface area contributed by atoms with Gasteiger partial charge in [-0.05, 0) is 18.3 Å². The van der Waals surface area contributed by atoms with E-state index >= 15 is 0 Å². The second-order valence-electron chi connectivity index (χ2n) is 4.71. The Morgan fingerprint density at radius 1 is 0.842 bits per heavy atom. The largest absolute Gasteiger partial charge is 0.351 e. The molecule has 0 spiro atoms. The molecule has 2 bridgehead atoms. The lowest BCUT2D eigenvalue weighted by atomic mass is 9.81. The maximum atomic E-state index is 11.9. The molecule has 0 aromatic rings. The van der Waals surface area contributed by atoms with Crippen molar-refractivity contribution >= 4 is 23.9 Å². The Labute approximate surface area is 108 Å². The van der Waals surface area contributed by atoms with Gasteiger partial charge in [-0.2, -0.15) is 0 Å². The summed E-state index contributed by atoms with van der Waals surface area (Å²) < 4.78 is 0. The van der Waals surface area contributed by atoms with Gasteiger partial charge in [0.15, 0.2) is 0 Å². The number of allylic oxidation sites excluding steroid dienone is 2. The van der Waals surface area contributed by atoms with E-state index in [1.54, 1.807) is 0 Å². The van der Waals surface area contributed by atoms with Gasteiger partial charge in [0.2, 0.25) is 11.8 Å². The highest BCUT2D eigenvalue weighted by Gasteiger charge is 2.51. The van der Waals surface area contributed by atoms with E-state index in [0.717, 1.165) is 0 Å². The number of nitrogens with one attached hydrogen (secondary N) is 2. The maximum absolute atomic E-state index is 11.9. The first-order valence-electron chi connectivity index (χ1n) is 5.79. The minimum Gasteiger partial charge on any atom is -0.351 e. The molecule has 0 aliphatic heterocycles. The van der Waals surface area contributed by atoms with Crippen LogP contribution in [0.5, 0.6) is 0 Å². The molecule has 102 valence electrons. The number of fused-ring (bicyclic) bond motifs is 2. The first-order valence-corrected chi connectivity index (χ1v) is 5.79. The fourth-order valence-corrected chi connectivity index (χ4v) is 2.95. The standard InChI is InChI=1S/C11H14N4O4/c12-10(18)14-8(16)6-4-1-2-5(3-4)7(6)9(17)15-11(13)19/h1-2,4-7H,3H2,(H3,12,14,16,18)(H3,13,15,17,19)/t4-,5-,6-,7+/m1/s1. The van der Waals surface area contributed by atoms with Crippen molar-refractivity contribution in [1.82, 2.24) is 10.6 Å². The van der Waals surface area contributed by atoms with E-state index in [-0.39, 0.29) is 11.8 Å². The summed E-state index contributed by atoms with van der Waals surface area (Å²) in [7, 11) is 0. The van der Waals surface area contributed by atoms with Gasteiger partial charge in [0.05, 0.1) is 11.8 Å². The van der Waals surface area contributed by atoms with E-state index in [1.165, 1.54) is 0 Å². The van der Waals surface area contributed by atoms with Crippen LogP contribution in [0.4, 0.5) is 9.59 Å². The van der Waals surface area contributed by atoms with E-state index in [9.17, 15) is 19.2 Å². The predicted octanol–water partition coefficient (Wildman–Crippen LogP) is -1.19. The van der Waals surface area contributed by atoms with Gasteiger partial charge in [-0.25, -0.2) is 9.59 Å². The third-order valence-electron chi connectivity index (χ3n) is 3.56. The van der Waals surface area contributed by atoms with Gasteiger partial charge >= 0.3 is 12.1 Å². The number of nitrogens with two attached hydrogens (primary N) is 2. The van der Waals surface area contributed by atoms with Crippen LogP contribution in [-0.4, -0.2) is 23.9 Å². The van der Waals surface area contributed by atoms with Gasteiger partial charge in [0, 0.05) is 0 Å². The molecule has 8 heteroatoms. The van der Waals surface area contributed by atoms with Crippen LogP contribution in [0.2, 0.25) is 0 Å². The van der Waals surface area contributed by atoms with Crippen molar-refractivity contribution in [2.45, 2.75) is 6.42 Å². The maximum Gasteiger partial charge on any atom is 0.318 e. The van der Waals surface area contributed by atoms with E-state index in [0.29, 0.717) is 6.42 Å². The van der Waals surface area contributed by atoms with E-state index in [2.05, 4.69) is 0 Å². The lowest BCUT2D eigenvalue weighted by molar-refractivity contribution is -0.134. The molecule has 0 radical (unpaired) electrons. The number of imide groups is 2. The molecule has 1 fully saturated rings. The minimum absolute atomic E-state index is 0.132. The average molecular weight is 266 g/mol. The molecule has 8 nitrogen and oxygen atoms in total. The highest BCUT2D eigenvalue weighted by atomic mass is 16.2. The Balaban J connectivity index is 2.18. The van der Waals surface area contributed by atoms with Crippen molar-refractivity contribution in [3.8, 4) is 0 Å². The number of rotatable bonds is 2. The Bertz CT molecular complexity index is 445. The monoisotopic (exact) mass is 266 g/mol. The topological polar surface area (TPSA) is 144 Å². The zero-order valence-corrected chi connectivity index (χ0v) is 9.96. The lowest BCUT2D eigenvalue weighted by Gasteiger charge is -2.25. The summed E-state index contributed by atoms with van der Waals surface area (Å²) in [4.78, 5) is 45.3. The molecule has 2 aliphatic rings. The Morgan fingerprint density at radius 3 is 1.53 bits per heavy atom. The SMILES string of the molecule is NC(=O)NC(=O)[C@@H]1[C@H](C(=O)NC(N)=O)[C@@H]2C=C[C@@H]1C2. The molecule has 2 rings (SSSR count). The molecule has 19 heavy (non-hydrogen) atoms. The Hall–Kier alpha value is -2.38. The third-order valence-corrected chi connectivity index (χ3v) is 3.56. The molecular formula is C11H14N4O4. The van der Waals surface area contributed by atoms with Crippen LogP contribution >= 0.6 is 0 Å². The van der Waals surface area contributed by atoms with E-state index in [1.807, 2.05) is 22.8 Å². The van der Waals surface area contributed by atoms with Gasteiger partial charge in [-0.3, -0.25) is 20.2 Å². The quantitative estimate of drug-likeness (QED) is 0.466. The summed E-state index contributed by atoms with van der Waals surface area (Å²) in [6.45, 7) is 0. The van der Waals surface area contributed by atoms with Crippen LogP contribution in [-0.2, 0) is 9.59 Å². The molecular weight excluding hydrogens is 252 g/mol. The smallest absolute Gasteiger partial charge is 0.318 e. The van der Waals surface area contributed by atoms with Crippen molar-refractivity contribution in [2.75, 3.05) is 0 Å². The normalized spacial score (nSPS) is 30.9. The van der Waals surface area contributed by atoms with Gasteiger partial charge < -0.3 is 11.5 Å². The van der Waals surface area contributed by atoms with Crippen LogP contribution in [0.3, 0.4) is 0 Å². The zero-order valence-electron chi connectivity index (χ0n) is 9.96. The van der Waals surface area contributed by atoms with Gasteiger partial charge in [-0.15, -0.1) is 0 Å². The zero-order chi connectivity index (χ0) is 14.2. The molecule has 4 atom stereocenters. The second kappa shape index (κ2) is 4.71. The molecule has 6 amide bonds. The first kappa shape index (κ1) is 13.1. The number of carbonyl (C=O) groups is 4. The summed E-state index contributed by atoms with van der Waals surface area (Å²) in [6, 6.07) is -1.93. The number of urea groups is 2. The summed E-state index contributed by atoms with van der Waals surface area (Å²) >= 11 is 0. The lowest BCUT2D eigenvalue weighted by Crippen LogP contribution is -2.48. The number of carbonyl (C=O) groups excluding carboxylic acids is 4. The molecule has 0 aromatic carbocycles. The molecule has 1 saturated carbocycles. The van der Waals surface area contributed by atoms with Crippen molar-refractivity contribution in [2.24, 2.45) is 35.1 Å². The average Bonchev–Trinajstić information content (AvgIpc) is 2.85. The molecule has 2 aliphatic carbocycles. The molecule has 6 N–H and O–H groups in total. The van der Waals surface area contributed by atoms with Crippen LogP contribution in [0.15, 0.2) is 12.2 Å². The molecule has 0 saturated heterocycles. The van der Waals surface area contributed by atoms with Crippen LogP contribution in [0.1, 0.15) is 6.42 Å². The summed E-state index contributed by atoms with van der Waals surface area (Å²) in [5, 5.41) is 3.96. The van der Waals surface area contributed by atoms with Gasteiger partial charge in [0.25, 0.3) is 0 Å². The number of hydrogen-bond acceptors (Lipinski definition) is 4. The summed E-state index contributed by atoms with van der Waals surface area (Å²) in [6.07, 6.45) is 4.31. The summed E-state index contributed by atoms with van der Waals surface area (Å²) in [5.74, 6) is -2.88. The number of primary amides is 2. The van der Waals surface area contributed by atoms with Crippen molar-refractivity contribution in [3.05, 3.63) is 12.2 Å². The highest BCUT2D eigenvalue weighted by Crippen LogP contribution is 2.48. The first-order chi connectivity index (χ1) is 8.90. The Kier molecular flexibility index (Phi) is 3.24. The molecule has 0 heterocycles. The number of amides is 6. The van der Waals surface area contributed by atoms with Crippen molar-refractivity contribution in [3.63, 3.8) is 0 Å².